The van der Waals surface area contributed by atoms with Crippen LogP contribution in [0.2, 0.25) is 0 Å². The van der Waals surface area contributed by atoms with Crippen LogP contribution in [0, 0.1) is 6.92 Å². The second-order valence-electron chi connectivity index (χ2n) is 3.66. The number of unbranched alkanes of at least 4 members (excludes halogenated alkanes) is 5. The van der Waals surface area contributed by atoms with Crippen LogP contribution in [0.4, 0.5) is 0 Å². The van der Waals surface area contributed by atoms with Gasteiger partial charge in [-0.15, -0.1) is 0 Å². The molecule has 1 radical (unpaired) electrons. The molecular weight excluding hydrogens is 168 g/mol. The van der Waals surface area contributed by atoms with Gasteiger partial charge in [0, 0.05) is 0 Å². The number of allylic oxidation sites excluding steroid dienone is 4. The number of hydrogen-bond acceptors (Lipinski definition) is 0. The zero-order valence-electron chi connectivity index (χ0n) is 9.67. The highest BCUT2D eigenvalue weighted by Gasteiger charge is 1.83. The van der Waals surface area contributed by atoms with E-state index in [1.165, 1.54) is 44.9 Å². The third kappa shape index (κ3) is 11.5. The lowest BCUT2D eigenvalue weighted by atomic mass is 10.1. The van der Waals surface area contributed by atoms with Crippen LogP contribution in [0.1, 0.15) is 58.3 Å². The van der Waals surface area contributed by atoms with Crippen LogP contribution in [0.5, 0.6) is 0 Å². The molecule has 0 rings (SSSR count). The van der Waals surface area contributed by atoms with E-state index in [9.17, 15) is 0 Å². The predicted octanol–water partition coefficient (Wildman–Crippen LogP) is 5.07. The van der Waals surface area contributed by atoms with Gasteiger partial charge in [0.25, 0.3) is 0 Å². The van der Waals surface area contributed by atoms with E-state index < -0.39 is 0 Å². The Labute approximate surface area is 90.1 Å². The Morgan fingerprint density at radius 1 is 0.786 bits per heavy atom. The molecular formula is C14H25. The van der Waals surface area contributed by atoms with Crippen molar-refractivity contribution in [1.29, 1.82) is 0 Å². The van der Waals surface area contributed by atoms with Gasteiger partial charge < -0.3 is 0 Å². The molecule has 0 aromatic carbocycles. The van der Waals surface area contributed by atoms with Crippen LogP contribution in [0.25, 0.3) is 0 Å². The van der Waals surface area contributed by atoms with Crippen LogP contribution in [0.3, 0.4) is 0 Å². The molecule has 0 nitrogen and oxygen atoms in total. The zero-order valence-corrected chi connectivity index (χ0v) is 9.67. The van der Waals surface area contributed by atoms with Gasteiger partial charge in [-0.05, 0) is 39.0 Å². The second kappa shape index (κ2) is 12.5. The minimum Gasteiger partial charge on any atom is -0.0885 e. The van der Waals surface area contributed by atoms with Gasteiger partial charge in [0.05, 0.1) is 0 Å². The molecule has 0 aliphatic rings. The predicted molar refractivity (Wildman–Crippen MR) is 66.2 cm³/mol. The average Bonchev–Trinajstić information content (AvgIpc) is 2.21. The maximum Gasteiger partial charge on any atom is -0.0316 e. The van der Waals surface area contributed by atoms with Crippen molar-refractivity contribution in [3.05, 3.63) is 31.2 Å². The van der Waals surface area contributed by atoms with Crippen molar-refractivity contribution in [3.8, 4) is 0 Å². The summed E-state index contributed by atoms with van der Waals surface area (Å²) >= 11 is 0. The first-order valence-corrected chi connectivity index (χ1v) is 6.01. The second-order valence-corrected chi connectivity index (χ2v) is 3.66. The van der Waals surface area contributed by atoms with Gasteiger partial charge in [0.1, 0.15) is 0 Å². The van der Waals surface area contributed by atoms with E-state index in [1.54, 1.807) is 0 Å². The van der Waals surface area contributed by atoms with E-state index in [0.29, 0.717) is 0 Å². The van der Waals surface area contributed by atoms with Crippen molar-refractivity contribution < 1.29 is 0 Å². The summed E-state index contributed by atoms with van der Waals surface area (Å²) in [5, 5.41) is 0. The molecule has 0 saturated heterocycles. The summed E-state index contributed by atoms with van der Waals surface area (Å²) in [6.07, 6.45) is 19.0. The van der Waals surface area contributed by atoms with Crippen molar-refractivity contribution in [2.45, 2.75) is 58.3 Å². The van der Waals surface area contributed by atoms with Gasteiger partial charge in [0.2, 0.25) is 0 Å². The molecule has 0 aliphatic carbocycles. The van der Waals surface area contributed by atoms with Gasteiger partial charge in [-0.3, -0.25) is 0 Å². The summed E-state index contributed by atoms with van der Waals surface area (Å²) < 4.78 is 0. The Morgan fingerprint density at radius 3 is 2.07 bits per heavy atom. The largest absolute Gasteiger partial charge is 0.0885 e. The molecule has 0 heteroatoms. The highest BCUT2D eigenvalue weighted by atomic mass is 13.9. The van der Waals surface area contributed by atoms with Crippen molar-refractivity contribution in [3.63, 3.8) is 0 Å². The van der Waals surface area contributed by atoms with Gasteiger partial charge in [-0.1, -0.05) is 50.5 Å². The Morgan fingerprint density at radius 2 is 1.43 bits per heavy atom. The molecule has 0 bridgehead atoms. The third-order valence-electron chi connectivity index (χ3n) is 2.22. The van der Waals surface area contributed by atoms with Crippen LogP contribution >= 0.6 is 0 Å². The van der Waals surface area contributed by atoms with Crippen molar-refractivity contribution in [1.82, 2.24) is 0 Å². The molecule has 0 saturated carbocycles. The van der Waals surface area contributed by atoms with E-state index in [0.717, 1.165) is 6.42 Å². The minimum absolute atomic E-state index is 0.917. The average molecular weight is 193 g/mol. The maximum atomic E-state index is 3.76. The van der Waals surface area contributed by atoms with Gasteiger partial charge in [0.15, 0.2) is 0 Å². The van der Waals surface area contributed by atoms with Crippen molar-refractivity contribution in [2.75, 3.05) is 0 Å². The summed E-state index contributed by atoms with van der Waals surface area (Å²) in [4.78, 5) is 0. The Bertz CT molecular complexity index is 142. The lowest BCUT2D eigenvalue weighted by Crippen LogP contribution is -1.73. The molecule has 0 unspecified atom stereocenters. The first-order chi connectivity index (χ1) is 6.91. The molecule has 0 atom stereocenters. The summed E-state index contributed by atoms with van der Waals surface area (Å²) in [5.41, 5.74) is 0. The lowest BCUT2D eigenvalue weighted by Gasteiger charge is -1.93. The fourth-order valence-corrected chi connectivity index (χ4v) is 1.35. The Hall–Kier alpha value is -0.520. The molecule has 0 aromatic heterocycles. The maximum absolute atomic E-state index is 3.76. The summed E-state index contributed by atoms with van der Waals surface area (Å²) in [7, 11) is 0. The molecule has 0 aliphatic heterocycles. The number of hydrogen-bond donors (Lipinski definition) is 0. The standard InChI is InChI=1S/C14H25/c1-3-5-7-9-11-13-14-12-10-8-6-4-2/h5,7,13-14H,1,3-4,6,8-12H2,2H3/b7-5+,14-13-. The molecule has 0 amide bonds. The summed E-state index contributed by atoms with van der Waals surface area (Å²) in [6, 6.07) is 0. The van der Waals surface area contributed by atoms with E-state index >= 15 is 0 Å². The number of rotatable bonds is 9. The normalized spacial score (nSPS) is 11.9. The quantitative estimate of drug-likeness (QED) is 0.354. The van der Waals surface area contributed by atoms with E-state index in [2.05, 4.69) is 38.2 Å². The SMILES string of the molecule is [CH2]C/C=C/CC/C=C\CCCCCC. The molecule has 0 fully saturated rings. The molecule has 0 spiro atoms. The fraction of sp³-hybridized carbons (Fsp3) is 0.643. The highest BCUT2D eigenvalue weighted by molar-refractivity contribution is 4.88. The first kappa shape index (κ1) is 13.5. The molecule has 14 heavy (non-hydrogen) atoms. The van der Waals surface area contributed by atoms with Crippen LogP contribution in [-0.2, 0) is 0 Å². The fourth-order valence-electron chi connectivity index (χ4n) is 1.35. The zero-order chi connectivity index (χ0) is 10.5. The van der Waals surface area contributed by atoms with Crippen molar-refractivity contribution in [2.24, 2.45) is 0 Å². The van der Waals surface area contributed by atoms with Gasteiger partial charge in [-0.25, -0.2) is 0 Å². The molecule has 0 aromatic rings. The summed E-state index contributed by atoms with van der Waals surface area (Å²) in [6.45, 7) is 6.01. The Balaban J connectivity index is 3.07. The van der Waals surface area contributed by atoms with Crippen LogP contribution in [-0.4, -0.2) is 0 Å². The van der Waals surface area contributed by atoms with Crippen LogP contribution in [0.15, 0.2) is 24.3 Å². The lowest BCUT2D eigenvalue weighted by molar-refractivity contribution is 0.674. The molecule has 0 heterocycles. The molecule has 0 N–H and O–H groups in total. The summed E-state index contributed by atoms with van der Waals surface area (Å²) in [5.74, 6) is 0. The van der Waals surface area contributed by atoms with Gasteiger partial charge >= 0.3 is 0 Å². The van der Waals surface area contributed by atoms with Gasteiger partial charge in [-0.2, -0.15) is 0 Å². The topological polar surface area (TPSA) is 0 Å². The van der Waals surface area contributed by atoms with E-state index in [1.807, 2.05) is 0 Å². The first-order valence-electron chi connectivity index (χ1n) is 6.01. The Kier molecular flexibility index (Phi) is 12.0. The monoisotopic (exact) mass is 193 g/mol. The minimum atomic E-state index is 0.917. The van der Waals surface area contributed by atoms with E-state index in [-0.39, 0.29) is 0 Å². The van der Waals surface area contributed by atoms with Crippen LogP contribution < -0.4 is 0 Å². The molecule has 81 valence electrons. The smallest absolute Gasteiger partial charge is 0.0316 e. The van der Waals surface area contributed by atoms with Crippen molar-refractivity contribution >= 4 is 0 Å². The van der Waals surface area contributed by atoms with E-state index in [4.69, 9.17) is 0 Å². The third-order valence-corrected chi connectivity index (χ3v) is 2.22. The highest BCUT2D eigenvalue weighted by Crippen LogP contribution is 2.03.